The van der Waals surface area contributed by atoms with Crippen LogP contribution < -0.4 is 67.3 Å². The SMILES string of the molecule is O=[74As]([O-])([O-])O.[Na+].[Na+]. The Balaban J connectivity index is -0.0000000800. The normalized spacial score (nSPS) is 8.43. The van der Waals surface area contributed by atoms with Crippen molar-refractivity contribution in [2.75, 3.05) is 0 Å². The van der Waals surface area contributed by atoms with E-state index >= 15 is 0 Å². The molecular weight excluding hydrogens is 184 g/mol. The molecule has 0 radical (unpaired) electrons. The zero-order chi connectivity index (χ0) is 4.50. The van der Waals surface area contributed by atoms with E-state index < -0.39 is 14.5 Å². The average Bonchev–Trinajstić information content (AvgIpc) is 0.722. The van der Waals surface area contributed by atoms with Crippen LogP contribution in [0.15, 0.2) is 0 Å². The van der Waals surface area contributed by atoms with Crippen LogP contribution in [-0.2, 0) is 3.74 Å². The Bertz CT molecular complexity index is 55.8. The molecule has 7 heteroatoms. The maximum absolute atomic E-state index is 8.72. The maximum Gasteiger partial charge on any atom is 1.00 e. The molecule has 0 unspecified atom stereocenters. The molecule has 0 aliphatic rings. The monoisotopic (exact) mass is 185 g/mol. The van der Waals surface area contributed by atoms with E-state index in [9.17, 15) is 0 Å². The summed E-state index contributed by atoms with van der Waals surface area (Å²) in [6.07, 6.45) is 0. The summed E-state index contributed by atoms with van der Waals surface area (Å²) >= 11 is -5.62. The smallest absolute Gasteiger partial charge is 1.00 e. The predicted molar refractivity (Wildman–Crippen MR) is 8.66 cm³/mol. The number of rotatable bonds is 0. The van der Waals surface area contributed by atoms with E-state index in [4.69, 9.17) is 16.0 Å². The first-order valence-corrected chi connectivity index (χ1v) is 3.89. The van der Waals surface area contributed by atoms with E-state index in [1.165, 1.54) is 0 Å². The third-order valence-corrected chi connectivity index (χ3v) is 0. The van der Waals surface area contributed by atoms with Gasteiger partial charge in [-0.2, -0.15) is 0 Å². The molecule has 0 aromatic rings. The molecule has 0 saturated carbocycles. The van der Waals surface area contributed by atoms with Crippen molar-refractivity contribution in [3.63, 3.8) is 0 Å². The van der Waals surface area contributed by atoms with Gasteiger partial charge in [-0.3, -0.25) is 0 Å². The molecule has 0 aliphatic carbocycles. The van der Waals surface area contributed by atoms with Gasteiger partial charge in [0, 0.05) is 0 Å². The summed E-state index contributed by atoms with van der Waals surface area (Å²) in [4.78, 5) is 0. The van der Waals surface area contributed by atoms with Gasteiger partial charge in [-0.1, -0.05) is 0 Å². The van der Waals surface area contributed by atoms with Crippen LogP contribution in [0.5, 0.6) is 0 Å². The van der Waals surface area contributed by atoms with Crippen LogP contribution in [0.4, 0.5) is 0 Å². The third kappa shape index (κ3) is 64.0. The Kier molecular flexibility index (Phi) is 14.6. The zero-order valence-electron chi connectivity index (χ0n) is 4.12. The topological polar surface area (TPSA) is 83.4 Å². The van der Waals surface area contributed by atoms with Crippen molar-refractivity contribution >= 4 is 14.5 Å². The molecule has 1 N–H and O–H groups in total. The minimum atomic E-state index is -5.62. The molecule has 0 fully saturated rings. The zero-order valence-corrected chi connectivity index (χ0v) is 10.00. The fourth-order valence-electron chi connectivity index (χ4n) is 0. The van der Waals surface area contributed by atoms with Gasteiger partial charge in [0.15, 0.2) is 0 Å². The fraction of sp³-hybridized carbons (Fsp3) is 0. The van der Waals surface area contributed by atoms with Gasteiger partial charge in [0.05, 0.1) is 0 Å². The van der Waals surface area contributed by atoms with Crippen LogP contribution in [-0.4, -0.2) is 18.6 Å². The summed E-state index contributed by atoms with van der Waals surface area (Å²) < 4.78 is 33.2. The van der Waals surface area contributed by atoms with Crippen molar-refractivity contribution in [3.05, 3.63) is 0 Å². The predicted octanol–water partition coefficient (Wildman–Crippen LogP) is -9.43. The molecule has 0 saturated heterocycles. The van der Waals surface area contributed by atoms with Crippen LogP contribution in [0.2, 0.25) is 0 Å². The van der Waals surface area contributed by atoms with Crippen LogP contribution in [0.3, 0.4) is 0 Å². The second-order valence-corrected chi connectivity index (χ2v) is 2.43. The molecule has 0 aliphatic heterocycles. The summed E-state index contributed by atoms with van der Waals surface area (Å²) in [5.41, 5.74) is 0. The Labute approximate surface area is 88.2 Å². The quantitative estimate of drug-likeness (QED) is 0.380. The van der Waals surface area contributed by atoms with Gasteiger partial charge < -0.3 is 0 Å². The molecule has 0 atom stereocenters. The minimum absolute atomic E-state index is 0. The van der Waals surface area contributed by atoms with E-state index in [-0.39, 0.29) is 59.1 Å². The molecule has 0 heterocycles. The summed E-state index contributed by atoms with van der Waals surface area (Å²) in [5, 5.41) is 0. The van der Waals surface area contributed by atoms with Crippen molar-refractivity contribution in [2.24, 2.45) is 0 Å². The largest absolute Gasteiger partial charge is 1.00 e. The van der Waals surface area contributed by atoms with Gasteiger partial charge in [-0.15, -0.1) is 0 Å². The fourth-order valence-corrected chi connectivity index (χ4v) is 0. The summed E-state index contributed by atoms with van der Waals surface area (Å²) in [6.45, 7) is 0. The Hall–Kier alpha value is 2.24. The van der Waals surface area contributed by atoms with Crippen LogP contribution in [0.1, 0.15) is 0 Å². The van der Waals surface area contributed by atoms with Crippen molar-refractivity contribution in [2.45, 2.75) is 0 Å². The third-order valence-electron chi connectivity index (χ3n) is 0. The minimum Gasteiger partial charge on any atom is 1.00 e. The molecular formula is HAsNa2O4. The van der Waals surface area contributed by atoms with E-state index in [2.05, 4.69) is 0 Å². The van der Waals surface area contributed by atoms with Crippen molar-refractivity contribution in [1.82, 2.24) is 0 Å². The average molecular weight is 185 g/mol. The van der Waals surface area contributed by atoms with E-state index in [0.717, 1.165) is 0 Å². The van der Waals surface area contributed by atoms with E-state index in [1.54, 1.807) is 0 Å². The summed E-state index contributed by atoms with van der Waals surface area (Å²) in [6, 6.07) is 0. The van der Waals surface area contributed by atoms with Gasteiger partial charge in [0.1, 0.15) is 0 Å². The Morgan fingerprint density at radius 1 is 1.29 bits per heavy atom. The summed E-state index contributed by atoms with van der Waals surface area (Å²) in [5.74, 6) is 0. The number of hydrogen-bond acceptors (Lipinski definition) is 3. The van der Waals surface area contributed by atoms with Crippen LogP contribution in [0.25, 0.3) is 0 Å². The van der Waals surface area contributed by atoms with Gasteiger partial charge >= 0.3 is 89.7 Å². The molecule has 0 spiro atoms. The maximum atomic E-state index is 8.72. The first kappa shape index (κ1) is 16.1. The second kappa shape index (κ2) is 6.36. The second-order valence-electron chi connectivity index (χ2n) is 0.469. The summed E-state index contributed by atoms with van der Waals surface area (Å²) in [7, 11) is 0. The number of hydrogen-bond donors (Lipinski definition) is 1. The first-order chi connectivity index (χ1) is 2.00. The van der Waals surface area contributed by atoms with Gasteiger partial charge in [-0.25, -0.2) is 0 Å². The van der Waals surface area contributed by atoms with Crippen molar-refractivity contribution in [3.8, 4) is 0 Å². The molecule has 0 aromatic heterocycles. The Morgan fingerprint density at radius 2 is 1.29 bits per heavy atom. The van der Waals surface area contributed by atoms with Crippen LogP contribution in [0, 0.1) is 0 Å². The first-order valence-electron chi connectivity index (χ1n) is 0.748. The standard InChI is InChI=1S/AsH3O4.2Na/c2-1(3,4)5;;/h(H3,2,3,4,5);;/q;2*+1/p-2/i1-1;;. The molecule has 7 heavy (non-hydrogen) atoms. The van der Waals surface area contributed by atoms with Gasteiger partial charge in [-0.05, 0) is 0 Å². The molecule has 4 nitrogen and oxygen atoms in total. The molecule has 0 rings (SSSR count). The van der Waals surface area contributed by atoms with Crippen molar-refractivity contribution in [1.29, 1.82) is 0 Å². The van der Waals surface area contributed by atoms with Gasteiger partial charge in [0.25, 0.3) is 0 Å². The van der Waals surface area contributed by atoms with E-state index in [0.29, 0.717) is 0 Å². The molecule has 0 aromatic carbocycles. The van der Waals surface area contributed by atoms with Crippen LogP contribution >= 0.6 is 0 Å². The molecule has 32 valence electrons. The molecule has 0 amide bonds. The van der Waals surface area contributed by atoms with Gasteiger partial charge in [0.2, 0.25) is 0 Å². The molecule has 0 bridgehead atoms. The Morgan fingerprint density at radius 3 is 1.29 bits per heavy atom. The van der Waals surface area contributed by atoms with E-state index in [1.807, 2.05) is 0 Å². The van der Waals surface area contributed by atoms with Crippen molar-refractivity contribution < 1.29 is 75.1 Å².